The van der Waals surface area contributed by atoms with Crippen molar-refractivity contribution >= 4 is 55.5 Å². The molecular formula is C55H41N. The largest absolute Gasteiger partial charge is 0.247 e. The minimum atomic E-state index is 0.400. The Kier molecular flexibility index (Phi) is 7.64. The van der Waals surface area contributed by atoms with Gasteiger partial charge in [-0.25, -0.2) is 4.98 Å². The van der Waals surface area contributed by atoms with Crippen LogP contribution in [0.15, 0.2) is 164 Å². The lowest BCUT2D eigenvalue weighted by Gasteiger charge is -2.22. The van der Waals surface area contributed by atoms with Crippen LogP contribution in [0, 0.1) is 5.92 Å². The Hall–Kier alpha value is -6.57. The number of hydrogen-bond acceptors (Lipinski definition) is 1. The minimum absolute atomic E-state index is 0.400. The molecule has 1 aromatic heterocycles. The molecule has 0 radical (unpaired) electrons. The van der Waals surface area contributed by atoms with Crippen LogP contribution in [0.4, 0.5) is 0 Å². The molecule has 0 N–H and O–H groups in total. The van der Waals surface area contributed by atoms with Gasteiger partial charge in [0, 0.05) is 21.7 Å². The molecular weight excluding hydrogens is 675 g/mol. The molecule has 2 unspecified atom stereocenters. The zero-order chi connectivity index (χ0) is 37.3. The Morgan fingerprint density at radius 2 is 1.12 bits per heavy atom. The summed E-state index contributed by atoms with van der Waals surface area (Å²) in [7, 11) is 0. The topological polar surface area (TPSA) is 12.9 Å². The highest BCUT2D eigenvalue weighted by molar-refractivity contribution is 6.18. The van der Waals surface area contributed by atoms with Crippen molar-refractivity contribution in [2.45, 2.75) is 32.6 Å². The van der Waals surface area contributed by atoms with Gasteiger partial charge in [-0.3, -0.25) is 0 Å². The van der Waals surface area contributed by atoms with Gasteiger partial charge < -0.3 is 0 Å². The van der Waals surface area contributed by atoms with Crippen LogP contribution in [0.1, 0.15) is 48.4 Å². The SMILES string of the molecule is CC1C=Cc2cc(-c3cc(-c4cccc(-c5c6ccc7c(c6nc6c5ccc5ccccc56)C(C)CC=C7)c4)cc(-c4ccc5ccccc5c4)c3)ccc2C1. The van der Waals surface area contributed by atoms with Gasteiger partial charge in [0.1, 0.15) is 0 Å². The third-order valence-electron chi connectivity index (χ3n) is 12.3. The summed E-state index contributed by atoms with van der Waals surface area (Å²) in [6.07, 6.45) is 11.4. The van der Waals surface area contributed by atoms with Gasteiger partial charge in [-0.05, 0) is 138 Å². The minimum Gasteiger partial charge on any atom is -0.247 e. The monoisotopic (exact) mass is 715 g/mol. The van der Waals surface area contributed by atoms with E-state index in [1.54, 1.807) is 0 Å². The van der Waals surface area contributed by atoms with E-state index in [0.29, 0.717) is 11.8 Å². The number of pyridine rings is 1. The molecule has 0 saturated carbocycles. The number of aromatic nitrogens is 1. The number of fused-ring (bicyclic) bond motifs is 8. The van der Waals surface area contributed by atoms with Crippen molar-refractivity contribution in [2.75, 3.05) is 0 Å². The third kappa shape index (κ3) is 5.49. The Bertz CT molecular complexity index is 3120. The van der Waals surface area contributed by atoms with E-state index in [1.807, 2.05) is 0 Å². The maximum Gasteiger partial charge on any atom is 0.0794 e. The molecule has 1 heterocycles. The molecule has 0 spiro atoms. The van der Waals surface area contributed by atoms with E-state index < -0.39 is 0 Å². The average Bonchev–Trinajstić information content (AvgIpc) is 3.25. The predicted molar refractivity (Wildman–Crippen MR) is 240 cm³/mol. The molecule has 0 bridgehead atoms. The number of benzene rings is 8. The van der Waals surface area contributed by atoms with Crippen LogP contribution in [0.3, 0.4) is 0 Å². The molecule has 2 atom stereocenters. The van der Waals surface area contributed by atoms with Gasteiger partial charge in [0.25, 0.3) is 0 Å². The van der Waals surface area contributed by atoms with Crippen molar-refractivity contribution in [1.82, 2.24) is 4.98 Å². The molecule has 0 saturated heterocycles. The summed E-state index contributed by atoms with van der Waals surface area (Å²) in [5.74, 6) is 0.971. The van der Waals surface area contributed by atoms with Gasteiger partial charge in [0.05, 0.1) is 11.0 Å². The summed E-state index contributed by atoms with van der Waals surface area (Å²) in [5.41, 5.74) is 17.4. The fourth-order valence-electron chi connectivity index (χ4n) is 9.42. The van der Waals surface area contributed by atoms with Crippen LogP contribution in [0.25, 0.3) is 100 Å². The zero-order valence-electron chi connectivity index (χ0n) is 31.8. The first-order chi connectivity index (χ1) is 27.5. The van der Waals surface area contributed by atoms with Crippen LogP contribution in [0.2, 0.25) is 0 Å². The summed E-state index contributed by atoms with van der Waals surface area (Å²) in [6.45, 7) is 4.64. The smallest absolute Gasteiger partial charge is 0.0794 e. The van der Waals surface area contributed by atoms with E-state index in [1.165, 1.54) is 99.1 Å². The highest BCUT2D eigenvalue weighted by Gasteiger charge is 2.22. The lowest BCUT2D eigenvalue weighted by Crippen LogP contribution is -2.03. The maximum absolute atomic E-state index is 5.54. The molecule has 1 heteroatoms. The summed E-state index contributed by atoms with van der Waals surface area (Å²) < 4.78 is 0. The highest BCUT2D eigenvalue weighted by Crippen LogP contribution is 2.44. The molecule has 11 rings (SSSR count). The standard InChI is InChI=1S/C55H41N/c1-34-17-18-42-29-44(22-21-41(42)27-34)48-32-46(31-47(33-48)43-20-19-36-10-3-4-12-39(36)28-43)40-14-8-15-45(30-40)53-50-25-23-37-11-5-6-16-49(37)54(50)56-55-51(53)26-24-38-13-7-9-35(2)52(38)55/h3-8,10-26,28-35H,9,27H2,1-2H3. The molecule has 2 aliphatic carbocycles. The summed E-state index contributed by atoms with van der Waals surface area (Å²) in [4.78, 5) is 5.54. The average molecular weight is 716 g/mol. The number of allylic oxidation sites excluding steroid dienone is 2. The molecule has 56 heavy (non-hydrogen) atoms. The van der Waals surface area contributed by atoms with Gasteiger partial charge in [-0.15, -0.1) is 0 Å². The van der Waals surface area contributed by atoms with Crippen molar-refractivity contribution in [2.24, 2.45) is 5.92 Å². The van der Waals surface area contributed by atoms with Crippen LogP contribution < -0.4 is 0 Å². The van der Waals surface area contributed by atoms with Crippen molar-refractivity contribution in [3.05, 3.63) is 186 Å². The van der Waals surface area contributed by atoms with Crippen LogP contribution in [-0.4, -0.2) is 4.98 Å². The van der Waals surface area contributed by atoms with E-state index in [9.17, 15) is 0 Å². The molecule has 266 valence electrons. The molecule has 0 fully saturated rings. The number of hydrogen-bond donors (Lipinski definition) is 0. The van der Waals surface area contributed by atoms with Crippen molar-refractivity contribution < 1.29 is 0 Å². The first kappa shape index (κ1) is 32.8. The quantitative estimate of drug-likeness (QED) is 0.131. The van der Waals surface area contributed by atoms with E-state index in [4.69, 9.17) is 4.98 Å². The van der Waals surface area contributed by atoms with Gasteiger partial charge in [0.15, 0.2) is 0 Å². The fraction of sp³-hybridized carbons (Fsp3) is 0.109. The Labute approximate surface area is 328 Å². The van der Waals surface area contributed by atoms with E-state index in [2.05, 4.69) is 190 Å². The highest BCUT2D eigenvalue weighted by atomic mass is 14.7. The van der Waals surface area contributed by atoms with Gasteiger partial charge in [-0.1, -0.05) is 153 Å². The van der Waals surface area contributed by atoms with Crippen molar-refractivity contribution in [3.63, 3.8) is 0 Å². The fourth-order valence-corrected chi connectivity index (χ4v) is 9.42. The molecule has 9 aromatic rings. The summed E-state index contributed by atoms with van der Waals surface area (Å²) >= 11 is 0. The van der Waals surface area contributed by atoms with E-state index >= 15 is 0 Å². The molecule has 0 amide bonds. The molecule has 1 nitrogen and oxygen atoms in total. The van der Waals surface area contributed by atoms with Gasteiger partial charge >= 0.3 is 0 Å². The van der Waals surface area contributed by atoms with Crippen molar-refractivity contribution in [1.29, 1.82) is 0 Å². The maximum atomic E-state index is 5.54. The Morgan fingerprint density at radius 3 is 1.98 bits per heavy atom. The Balaban J connectivity index is 1.14. The van der Waals surface area contributed by atoms with Crippen LogP contribution in [0.5, 0.6) is 0 Å². The second kappa shape index (κ2) is 13.0. The van der Waals surface area contributed by atoms with Crippen LogP contribution >= 0.6 is 0 Å². The predicted octanol–water partition coefficient (Wildman–Crippen LogP) is 15.1. The summed E-state index contributed by atoms with van der Waals surface area (Å²) in [6, 6.07) is 56.8. The van der Waals surface area contributed by atoms with Gasteiger partial charge in [0.2, 0.25) is 0 Å². The normalized spacial score (nSPS) is 16.1. The molecule has 2 aliphatic rings. The second-order valence-corrected chi connectivity index (χ2v) is 16.1. The number of nitrogens with zero attached hydrogens (tertiary/aromatic N) is 1. The molecule has 0 aliphatic heterocycles. The zero-order valence-corrected chi connectivity index (χ0v) is 31.8. The Morgan fingerprint density at radius 1 is 0.464 bits per heavy atom. The van der Waals surface area contributed by atoms with E-state index in [-0.39, 0.29) is 0 Å². The van der Waals surface area contributed by atoms with Gasteiger partial charge in [-0.2, -0.15) is 0 Å². The summed E-state index contributed by atoms with van der Waals surface area (Å²) in [5, 5.41) is 7.33. The van der Waals surface area contributed by atoms with E-state index in [0.717, 1.165) is 23.9 Å². The van der Waals surface area contributed by atoms with Crippen molar-refractivity contribution in [3.8, 4) is 44.5 Å². The second-order valence-electron chi connectivity index (χ2n) is 16.1. The third-order valence-corrected chi connectivity index (χ3v) is 12.3. The molecule has 8 aromatic carbocycles. The lowest BCUT2D eigenvalue weighted by molar-refractivity contribution is 0.717. The first-order valence-corrected chi connectivity index (χ1v) is 20.1. The van der Waals surface area contributed by atoms with Crippen LogP contribution in [-0.2, 0) is 6.42 Å². The lowest BCUT2D eigenvalue weighted by atomic mass is 9.84. The first-order valence-electron chi connectivity index (χ1n) is 20.1. The number of rotatable bonds is 4.